The van der Waals surface area contributed by atoms with Crippen molar-refractivity contribution in [3.8, 4) is 0 Å². The number of fused-ring (bicyclic) bond motifs is 8. The van der Waals surface area contributed by atoms with Crippen LogP contribution in [0.3, 0.4) is 0 Å². The van der Waals surface area contributed by atoms with Crippen molar-refractivity contribution < 1.29 is 4.74 Å². The lowest BCUT2D eigenvalue weighted by Crippen LogP contribution is -2.63. The van der Waals surface area contributed by atoms with Crippen LogP contribution in [-0.2, 0) is 4.74 Å². The molecule has 0 radical (unpaired) electrons. The minimum absolute atomic E-state index is 0.100. The van der Waals surface area contributed by atoms with Crippen LogP contribution < -0.4 is 0 Å². The Bertz CT molecular complexity index is 1770. The highest BCUT2D eigenvalue weighted by Crippen LogP contribution is 2.53. The Morgan fingerprint density at radius 2 is 1.31 bits per heavy atom. The van der Waals surface area contributed by atoms with Gasteiger partial charge >= 0.3 is 0 Å². The number of hydrogen-bond donors (Lipinski definition) is 0. The van der Waals surface area contributed by atoms with Gasteiger partial charge in [-0.15, -0.1) is 0 Å². The molecule has 36 heavy (non-hydrogen) atoms. The highest BCUT2D eigenvalue weighted by Gasteiger charge is 2.56. The maximum absolute atomic E-state index is 6.44. The van der Waals surface area contributed by atoms with Gasteiger partial charge in [-0.05, 0) is 65.4 Å². The first-order valence-electron chi connectivity index (χ1n) is 13.1. The predicted octanol–water partition coefficient (Wildman–Crippen LogP) is 9.00. The molecule has 2 nitrogen and oxygen atoms in total. The van der Waals surface area contributed by atoms with Gasteiger partial charge in [0.1, 0.15) is 0 Å². The van der Waals surface area contributed by atoms with E-state index in [1.165, 1.54) is 48.8 Å². The lowest BCUT2D eigenvalue weighted by Gasteiger charge is -2.59. The molecule has 178 valence electrons. The van der Waals surface area contributed by atoms with Gasteiger partial charge in [-0.2, -0.15) is 0 Å². The van der Waals surface area contributed by atoms with Gasteiger partial charge in [0.05, 0.1) is 22.9 Å². The van der Waals surface area contributed by atoms with E-state index in [0.717, 1.165) is 24.1 Å². The number of nitrogens with zero attached hydrogens (tertiary/aromatic N) is 1. The minimum Gasteiger partial charge on any atom is -0.367 e. The molecular weight excluding hydrogens is 438 g/mol. The highest BCUT2D eigenvalue weighted by atomic mass is 16.5. The summed E-state index contributed by atoms with van der Waals surface area (Å²) < 4.78 is 6.44. The molecule has 2 heterocycles. The summed E-state index contributed by atoms with van der Waals surface area (Å²) in [6.45, 7) is 9.09. The molecule has 1 aliphatic heterocycles. The summed E-state index contributed by atoms with van der Waals surface area (Å²) in [6.07, 6.45) is 6.97. The molecule has 0 saturated carbocycles. The number of pyridine rings is 1. The van der Waals surface area contributed by atoms with Crippen LogP contribution >= 0.6 is 0 Å². The van der Waals surface area contributed by atoms with E-state index in [2.05, 4.69) is 113 Å². The monoisotopic (exact) mass is 469 g/mol. The molecule has 0 amide bonds. The molecule has 2 heteroatoms. The molecule has 1 atom stereocenters. The van der Waals surface area contributed by atoms with Crippen LogP contribution in [0, 0.1) is 5.41 Å². The summed E-state index contributed by atoms with van der Waals surface area (Å²) in [6, 6.07) is 26.2. The Balaban J connectivity index is 1.56. The molecule has 1 saturated heterocycles. The third kappa shape index (κ3) is 2.91. The van der Waals surface area contributed by atoms with Crippen molar-refractivity contribution in [3.63, 3.8) is 0 Å². The maximum Gasteiger partial charge on any atom is 0.0874 e. The largest absolute Gasteiger partial charge is 0.367 e. The molecule has 0 spiro atoms. The van der Waals surface area contributed by atoms with Crippen molar-refractivity contribution >= 4 is 48.8 Å². The first kappa shape index (κ1) is 21.8. The van der Waals surface area contributed by atoms with Crippen molar-refractivity contribution in [1.82, 2.24) is 4.98 Å². The van der Waals surface area contributed by atoms with Crippen molar-refractivity contribution in [2.75, 3.05) is 0 Å². The highest BCUT2D eigenvalue weighted by molar-refractivity contribution is 6.32. The van der Waals surface area contributed by atoms with E-state index >= 15 is 0 Å². The predicted molar refractivity (Wildman–Crippen MR) is 152 cm³/mol. The van der Waals surface area contributed by atoms with Crippen LogP contribution in [0.2, 0.25) is 0 Å². The summed E-state index contributed by atoms with van der Waals surface area (Å²) in [5.74, 6) is 0. The molecular formula is C34H31NO. The fourth-order valence-electron chi connectivity index (χ4n) is 6.32. The molecule has 5 aromatic rings. The minimum atomic E-state index is -0.108. The average Bonchev–Trinajstić information content (AvgIpc) is 2.91. The fourth-order valence-corrected chi connectivity index (χ4v) is 6.32. The van der Waals surface area contributed by atoms with Gasteiger partial charge in [0.25, 0.3) is 0 Å². The van der Waals surface area contributed by atoms with Gasteiger partial charge in [0.15, 0.2) is 0 Å². The van der Waals surface area contributed by atoms with Crippen LogP contribution in [0.5, 0.6) is 0 Å². The number of aromatic nitrogens is 1. The molecule has 2 aliphatic rings. The molecule has 4 aromatic carbocycles. The molecule has 7 rings (SSSR count). The molecule has 1 aliphatic carbocycles. The molecule has 1 unspecified atom stereocenters. The summed E-state index contributed by atoms with van der Waals surface area (Å²) >= 11 is 0. The van der Waals surface area contributed by atoms with E-state index in [4.69, 9.17) is 9.72 Å². The number of hydrogen-bond acceptors (Lipinski definition) is 2. The van der Waals surface area contributed by atoms with E-state index in [1.54, 1.807) is 0 Å². The first-order chi connectivity index (χ1) is 17.4. The Morgan fingerprint density at radius 3 is 1.94 bits per heavy atom. The van der Waals surface area contributed by atoms with Gasteiger partial charge in [-0.1, -0.05) is 92.7 Å². The number of rotatable bonds is 2. The Hall–Kier alpha value is -3.49. The zero-order valence-corrected chi connectivity index (χ0v) is 21.4. The average molecular weight is 470 g/mol. The van der Waals surface area contributed by atoms with Crippen molar-refractivity contribution in [2.24, 2.45) is 5.41 Å². The SMILES string of the molecule is CC1(C)OC(C2=CC(c3nc4ccccc4c4c5ccccc5c5ccccc5c34)=CCC2)C1(C)C. The van der Waals surface area contributed by atoms with Gasteiger partial charge in [0, 0.05) is 21.6 Å². The lowest BCUT2D eigenvalue weighted by molar-refractivity contribution is -0.274. The van der Waals surface area contributed by atoms with Crippen molar-refractivity contribution in [2.45, 2.75) is 52.2 Å². The number of allylic oxidation sites excluding steroid dienone is 3. The van der Waals surface area contributed by atoms with Gasteiger partial charge < -0.3 is 4.74 Å². The first-order valence-corrected chi connectivity index (χ1v) is 13.1. The van der Waals surface area contributed by atoms with E-state index in [1.807, 2.05) is 0 Å². The van der Waals surface area contributed by atoms with Gasteiger partial charge in [-0.25, -0.2) is 4.98 Å². The second-order valence-corrected chi connectivity index (χ2v) is 11.5. The van der Waals surface area contributed by atoms with Crippen LogP contribution in [0.25, 0.3) is 48.8 Å². The standard InChI is InChI=1S/C34H31NO/c1-33(2)32(36-34(33,3)4)22-13-11-12-21(20-22)31-30-26-17-8-6-15-24(26)23-14-5-7-16-25(23)29(30)27-18-9-10-19-28(27)35-31/h5-10,12,14-20,32H,11,13H2,1-4H3. The third-order valence-electron chi connectivity index (χ3n) is 8.94. The zero-order valence-electron chi connectivity index (χ0n) is 21.4. The lowest BCUT2D eigenvalue weighted by atomic mass is 9.64. The normalized spacial score (nSPS) is 20.9. The Morgan fingerprint density at radius 1 is 0.722 bits per heavy atom. The molecule has 1 aromatic heterocycles. The second kappa shape index (κ2) is 7.51. The molecule has 1 fully saturated rings. The second-order valence-electron chi connectivity index (χ2n) is 11.5. The van der Waals surface area contributed by atoms with E-state index in [0.29, 0.717) is 0 Å². The van der Waals surface area contributed by atoms with E-state index in [9.17, 15) is 0 Å². The smallest absolute Gasteiger partial charge is 0.0874 e. The van der Waals surface area contributed by atoms with E-state index < -0.39 is 0 Å². The third-order valence-corrected chi connectivity index (χ3v) is 8.94. The summed E-state index contributed by atoms with van der Waals surface area (Å²) in [5, 5.41) is 8.89. The number of benzene rings is 4. The fraction of sp³-hybridized carbons (Fsp3) is 0.265. The Labute approximate surface area is 212 Å². The number of para-hydroxylation sites is 1. The van der Waals surface area contributed by atoms with Crippen LogP contribution in [0.4, 0.5) is 0 Å². The number of ether oxygens (including phenoxy) is 1. The topological polar surface area (TPSA) is 22.1 Å². The quantitative estimate of drug-likeness (QED) is 0.241. The van der Waals surface area contributed by atoms with Crippen LogP contribution in [-0.4, -0.2) is 16.7 Å². The van der Waals surface area contributed by atoms with Crippen molar-refractivity contribution in [3.05, 3.63) is 96.2 Å². The zero-order chi connectivity index (χ0) is 24.7. The summed E-state index contributed by atoms with van der Waals surface area (Å²) in [5.41, 5.74) is 4.73. The Kier molecular flexibility index (Phi) is 4.54. The van der Waals surface area contributed by atoms with Gasteiger partial charge in [-0.3, -0.25) is 0 Å². The molecule has 0 N–H and O–H groups in total. The van der Waals surface area contributed by atoms with Crippen LogP contribution in [0.15, 0.2) is 90.5 Å². The summed E-state index contributed by atoms with van der Waals surface area (Å²) in [4.78, 5) is 5.33. The molecule has 0 bridgehead atoms. The van der Waals surface area contributed by atoms with Crippen LogP contribution in [0.1, 0.15) is 46.2 Å². The van der Waals surface area contributed by atoms with Gasteiger partial charge in [0.2, 0.25) is 0 Å². The van der Waals surface area contributed by atoms with E-state index in [-0.39, 0.29) is 17.1 Å². The summed E-state index contributed by atoms with van der Waals surface area (Å²) in [7, 11) is 0. The maximum atomic E-state index is 6.44. The van der Waals surface area contributed by atoms with Crippen molar-refractivity contribution in [1.29, 1.82) is 0 Å².